The molecule has 0 radical (unpaired) electrons. The molecule has 8 heteroatoms. The lowest BCUT2D eigenvalue weighted by atomic mass is 9.71. The van der Waals surface area contributed by atoms with E-state index in [-0.39, 0.29) is 5.82 Å². The molecule has 1 aliphatic carbocycles. The monoisotopic (exact) mass is 359 g/mol. The van der Waals surface area contributed by atoms with Gasteiger partial charge < -0.3 is 9.73 Å². The first kappa shape index (κ1) is 16.0. The molecule has 1 aliphatic rings. The average Bonchev–Trinajstić information content (AvgIpc) is 3.00. The summed E-state index contributed by atoms with van der Waals surface area (Å²) in [5.74, 6) is 0.971. The maximum atomic E-state index is 14.3. The minimum Gasteiger partial charge on any atom is -0.421 e. The molecule has 0 spiro atoms. The Kier molecular flexibility index (Phi) is 3.88. The molecule has 1 aromatic carbocycles. The van der Waals surface area contributed by atoms with E-state index in [0.29, 0.717) is 33.9 Å². The van der Waals surface area contributed by atoms with Crippen molar-refractivity contribution in [2.45, 2.75) is 31.7 Å². The van der Waals surface area contributed by atoms with E-state index in [9.17, 15) is 4.39 Å². The fourth-order valence-electron chi connectivity index (χ4n) is 2.99. The van der Waals surface area contributed by atoms with Gasteiger partial charge in [0, 0.05) is 29.9 Å². The number of halogens is 2. The normalized spacial score (nSPS) is 15.6. The van der Waals surface area contributed by atoms with Gasteiger partial charge in [-0.25, -0.2) is 14.4 Å². The molecular weight excluding hydrogens is 345 g/mol. The van der Waals surface area contributed by atoms with Crippen molar-refractivity contribution in [2.75, 3.05) is 5.32 Å². The summed E-state index contributed by atoms with van der Waals surface area (Å²) >= 11 is 6.05. The molecule has 6 nitrogen and oxygen atoms in total. The standard InChI is InChI=1S/C17H15ClFN5O/c1-10-23-24-15(25-10)11-8-20-16(21-9-11)22-17(5-2-6-17)13-7-12(18)3-4-14(13)19/h3-4,7-9H,2,5-6H2,1H3,(H,20,21,22). The number of benzene rings is 1. The minimum atomic E-state index is -0.530. The van der Waals surface area contributed by atoms with E-state index in [4.69, 9.17) is 16.0 Å². The van der Waals surface area contributed by atoms with E-state index in [1.54, 1.807) is 31.5 Å². The van der Waals surface area contributed by atoms with Crippen molar-refractivity contribution in [3.63, 3.8) is 0 Å². The maximum absolute atomic E-state index is 14.3. The molecular formula is C17H15ClFN5O. The van der Waals surface area contributed by atoms with Crippen LogP contribution in [0.15, 0.2) is 35.0 Å². The predicted molar refractivity (Wildman–Crippen MR) is 90.6 cm³/mol. The van der Waals surface area contributed by atoms with Crippen LogP contribution in [0.1, 0.15) is 30.7 Å². The number of aromatic nitrogens is 4. The summed E-state index contributed by atoms with van der Waals surface area (Å²) in [6.07, 6.45) is 5.78. The summed E-state index contributed by atoms with van der Waals surface area (Å²) in [6.45, 7) is 1.72. The Morgan fingerprint density at radius 2 is 1.96 bits per heavy atom. The molecule has 0 aliphatic heterocycles. The average molecular weight is 360 g/mol. The molecule has 1 fully saturated rings. The van der Waals surface area contributed by atoms with Crippen molar-refractivity contribution in [3.05, 3.63) is 52.9 Å². The van der Waals surface area contributed by atoms with Gasteiger partial charge >= 0.3 is 0 Å². The highest BCUT2D eigenvalue weighted by atomic mass is 35.5. The van der Waals surface area contributed by atoms with Crippen LogP contribution in [0.3, 0.4) is 0 Å². The predicted octanol–water partition coefficient (Wildman–Crippen LogP) is 4.12. The fraction of sp³-hybridized carbons (Fsp3) is 0.294. The minimum absolute atomic E-state index is 0.283. The number of nitrogens with zero attached hydrogens (tertiary/aromatic N) is 4. The highest BCUT2D eigenvalue weighted by Crippen LogP contribution is 2.45. The molecule has 0 unspecified atom stereocenters. The van der Waals surface area contributed by atoms with Crippen molar-refractivity contribution in [3.8, 4) is 11.5 Å². The lowest BCUT2D eigenvalue weighted by Gasteiger charge is -2.43. The van der Waals surface area contributed by atoms with Gasteiger partial charge in [-0.15, -0.1) is 10.2 Å². The molecule has 128 valence electrons. The Balaban J connectivity index is 1.61. The molecule has 2 aromatic heterocycles. The Morgan fingerprint density at radius 1 is 1.20 bits per heavy atom. The van der Waals surface area contributed by atoms with Gasteiger partial charge in [-0.1, -0.05) is 11.6 Å². The van der Waals surface area contributed by atoms with Crippen LogP contribution in [-0.2, 0) is 5.54 Å². The molecule has 0 bridgehead atoms. The van der Waals surface area contributed by atoms with E-state index in [0.717, 1.165) is 19.3 Å². The smallest absolute Gasteiger partial charge is 0.250 e. The third kappa shape index (κ3) is 2.95. The summed E-state index contributed by atoms with van der Waals surface area (Å²) in [6, 6.07) is 4.60. The van der Waals surface area contributed by atoms with Crippen LogP contribution in [0, 0.1) is 12.7 Å². The molecule has 2 heterocycles. The lowest BCUT2D eigenvalue weighted by molar-refractivity contribution is 0.273. The van der Waals surface area contributed by atoms with Crippen LogP contribution in [0.4, 0.5) is 10.3 Å². The van der Waals surface area contributed by atoms with Gasteiger partial charge in [-0.2, -0.15) is 0 Å². The van der Waals surface area contributed by atoms with E-state index >= 15 is 0 Å². The molecule has 1 N–H and O–H groups in total. The van der Waals surface area contributed by atoms with E-state index in [2.05, 4.69) is 25.5 Å². The first-order valence-corrected chi connectivity index (χ1v) is 8.30. The number of hydrogen-bond acceptors (Lipinski definition) is 6. The van der Waals surface area contributed by atoms with E-state index < -0.39 is 5.54 Å². The molecule has 0 atom stereocenters. The zero-order valence-corrected chi connectivity index (χ0v) is 14.2. The first-order chi connectivity index (χ1) is 12.1. The molecule has 25 heavy (non-hydrogen) atoms. The fourth-order valence-corrected chi connectivity index (χ4v) is 3.16. The Labute approximate surface area is 148 Å². The second kappa shape index (κ2) is 6.07. The van der Waals surface area contributed by atoms with Crippen molar-refractivity contribution in [1.82, 2.24) is 20.2 Å². The summed E-state index contributed by atoms with van der Waals surface area (Å²) in [7, 11) is 0. The van der Waals surface area contributed by atoms with Crippen molar-refractivity contribution >= 4 is 17.5 Å². The lowest BCUT2D eigenvalue weighted by Crippen LogP contribution is -2.43. The third-order valence-corrected chi connectivity index (χ3v) is 4.66. The Hall–Kier alpha value is -2.54. The van der Waals surface area contributed by atoms with Crippen LogP contribution in [-0.4, -0.2) is 20.2 Å². The quantitative estimate of drug-likeness (QED) is 0.755. The summed E-state index contributed by atoms with van der Waals surface area (Å²) in [5.41, 5.74) is 0.645. The SMILES string of the molecule is Cc1nnc(-c2cnc(NC3(c4cc(Cl)ccc4F)CCC3)nc2)o1. The van der Waals surface area contributed by atoms with Gasteiger partial charge in [0.25, 0.3) is 5.89 Å². The van der Waals surface area contributed by atoms with Gasteiger partial charge in [0.2, 0.25) is 11.8 Å². The van der Waals surface area contributed by atoms with Crippen LogP contribution >= 0.6 is 11.6 Å². The highest BCUT2D eigenvalue weighted by Gasteiger charge is 2.41. The molecule has 0 saturated heterocycles. The third-order valence-electron chi connectivity index (χ3n) is 4.43. The number of hydrogen-bond donors (Lipinski definition) is 1. The molecule has 0 amide bonds. The van der Waals surface area contributed by atoms with Crippen molar-refractivity contribution < 1.29 is 8.81 Å². The summed E-state index contributed by atoms with van der Waals surface area (Å²) in [4.78, 5) is 8.61. The van der Waals surface area contributed by atoms with Crippen LogP contribution in [0.25, 0.3) is 11.5 Å². The zero-order valence-electron chi connectivity index (χ0n) is 13.5. The first-order valence-electron chi connectivity index (χ1n) is 7.92. The Bertz CT molecular complexity index is 908. The van der Waals surface area contributed by atoms with Crippen LogP contribution in [0.2, 0.25) is 5.02 Å². The van der Waals surface area contributed by atoms with Gasteiger partial charge in [0.05, 0.1) is 11.1 Å². The number of nitrogens with one attached hydrogen (secondary N) is 1. The number of rotatable bonds is 4. The molecule has 4 rings (SSSR count). The molecule has 3 aromatic rings. The van der Waals surface area contributed by atoms with E-state index in [1.165, 1.54) is 6.07 Å². The van der Waals surface area contributed by atoms with Gasteiger partial charge in [0.15, 0.2) is 0 Å². The van der Waals surface area contributed by atoms with Crippen molar-refractivity contribution in [1.29, 1.82) is 0 Å². The molecule has 1 saturated carbocycles. The number of anilines is 1. The van der Waals surface area contributed by atoms with Gasteiger partial charge in [-0.3, -0.25) is 0 Å². The largest absolute Gasteiger partial charge is 0.421 e. The summed E-state index contributed by atoms with van der Waals surface area (Å²) in [5, 5.41) is 11.5. The van der Waals surface area contributed by atoms with Crippen molar-refractivity contribution in [2.24, 2.45) is 0 Å². The van der Waals surface area contributed by atoms with Gasteiger partial charge in [0.1, 0.15) is 5.82 Å². The van der Waals surface area contributed by atoms with Gasteiger partial charge in [-0.05, 0) is 37.5 Å². The van der Waals surface area contributed by atoms with E-state index in [1.807, 2.05) is 0 Å². The number of aryl methyl sites for hydroxylation is 1. The second-order valence-electron chi connectivity index (χ2n) is 6.11. The topological polar surface area (TPSA) is 76.7 Å². The van der Waals surface area contributed by atoms with Crippen LogP contribution < -0.4 is 5.32 Å². The highest BCUT2D eigenvalue weighted by molar-refractivity contribution is 6.30. The Morgan fingerprint density at radius 3 is 2.56 bits per heavy atom. The maximum Gasteiger partial charge on any atom is 0.250 e. The zero-order chi connectivity index (χ0) is 17.4. The second-order valence-corrected chi connectivity index (χ2v) is 6.54. The summed E-state index contributed by atoms with van der Waals surface area (Å²) < 4.78 is 19.7. The van der Waals surface area contributed by atoms with Crippen LogP contribution in [0.5, 0.6) is 0 Å².